The number of nitrogens with two attached hydrogens (primary N) is 1. The minimum atomic E-state index is -0.214. The Morgan fingerprint density at radius 2 is 2.44 bits per heavy atom. The summed E-state index contributed by atoms with van der Waals surface area (Å²) in [4.78, 5) is 2.01. The summed E-state index contributed by atoms with van der Waals surface area (Å²) in [7, 11) is 0. The largest absolute Gasteiger partial charge is 0.378 e. The van der Waals surface area contributed by atoms with Gasteiger partial charge in [-0.2, -0.15) is 0 Å². The molecule has 0 aliphatic carbocycles. The van der Waals surface area contributed by atoms with E-state index in [2.05, 4.69) is 0 Å². The van der Waals surface area contributed by atoms with E-state index in [9.17, 15) is 5.11 Å². The molecule has 54 valence electrons. The van der Waals surface area contributed by atoms with Gasteiger partial charge >= 0.3 is 0 Å². The average Bonchev–Trinajstić information content (AvgIpc) is 2.18. The Bertz CT molecular complexity index is 87.1. The number of aliphatic hydroxyl groups excluding tert-OH is 1. The lowest BCUT2D eigenvalue weighted by Gasteiger charge is -2.17. The second kappa shape index (κ2) is 3.15. The molecule has 0 saturated carbocycles. The Hall–Kier alpha value is -0.120. The van der Waals surface area contributed by atoms with Crippen molar-refractivity contribution in [2.45, 2.75) is 19.1 Å². The number of rotatable bonds is 2. The molecule has 0 bridgehead atoms. The molecule has 0 aromatic heterocycles. The predicted molar refractivity (Wildman–Crippen MR) is 35.9 cm³/mol. The summed E-state index contributed by atoms with van der Waals surface area (Å²) < 4.78 is 0. The van der Waals surface area contributed by atoms with Gasteiger partial charge in [-0.1, -0.05) is 0 Å². The van der Waals surface area contributed by atoms with Crippen LogP contribution in [0.4, 0.5) is 0 Å². The van der Waals surface area contributed by atoms with Gasteiger partial charge in [-0.25, -0.2) is 0 Å². The van der Waals surface area contributed by atoms with E-state index in [0.29, 0.717) is 6.54 Å². The average molecular weight is 130 g/mol. The fraction of sp³-hybridized carbons (Fsp3) is 1.00. The first kappa shape index (κ1) is 6.99. The zero-order chi connectivity index (χ0) is 6.69. The van der Waals surface area contributed by atoms with E-state index in [0.717, 1.165) is 25.9 Å². The standard InChI is InChI=1S/C6H14N2O/c7-3-5-8-4-1-2-6(8)9/h6,9H,1-5,7H2. The zero-order valence-corrected chi connectivity index (χ0v) is 5.58. The molecule has 1 fully saturated rings. The first-order chi connectivity index (χ1) is 4.34. The Labute approximate surface area is 55.5 Å². The number of hydrogen-bond acceptors (Lipinski definition) is 3. The monoisotopic (exact) mass is 130 g/mol. The Kier molecular flexibility index (Phi) is 2.45. The molecule has 1 heterocycles. The fourth-order valence-corrected chi connectivity index (χ4v) is 1.24. The maximum Gasteiger partial charge on any atom is 0.107 e. The second-order valence-corrected chi connectivity index (χ2v) is 2.45. The lowest BCUT2D eigenvalue weighted by atomic mass is 10.4. The summed E-state index contributed by atoms with van der Waals surface area (Å²) in [6.45, 7) is 2.50. The van der Waals surface area contributed by atoms with E-state index >= 15 is 0 Å². The van der Waals surface area contributed by atoms with Gasteiger partial charge in [0.15, 0.2) is 0 Å². The third-order valence-corrected chi connectivity index (χ3v) is 1.75. The first-order valence-corrected chi connectivity index (χ1v) is 3.47. The molecule has 1 saturated heterocycles. The van der Waals surface area contributed by atoms with E-state index in [1.165, 1.54) is 0 Å². The molecule has 3 heteroatoms. The van der Waals surface area contributed by atoms with Gasteiger partial charge in [-0.15, -0.1) is 0 Å². The molecule has 3 nitrogen and oxygen atoms in total. The van der Waals surface area contributed by atoms with Gasteiger partial charge in [-0.05, 0) is 12.8 Å². The van der Waals surface area contributed by atoms with Crippen molar-refractivity contribution in [1.29, 1.82) is 0 Å². The third kappa shape index (κ3) is 1.64. The van der Waals surface area contributed by atoms with Crippen LogP contribution in [-0.4, -0.2) is 35.9 Å². The number of nitrogens with zero attached hydrogens (tertiary/aromatic N) is 1. The van der Waals surface area contributed by atoms with Gasteiger partial charge in [0.25, 0.3) is 0 Å². The molecule has 0 amide bonds. The van der Waals surface area contributed by atoms with Gasteiger partial charge in [0.1, 0.15) is 6.23 Å². The Balaban J connectivity index is 2.22. The molecule has 3 N–H and O–H groups in total. The van der Waals surface area contributed by atoms with Gasteiger partial charge in [0.2, 0.25) is 0 Å². The van der Waals surface area contributed by atoms with Crippen molar-refractivity contribution < 1.29 is 5.11 Å². The molecular formula is C6H14N2O. The summed E-state index contributed by atoms with van der Waals surface area (Å²) in [5.41, 5.74) is 5.32. The van der Waals surface area contributed by atoms with Crippen LogP contribution >= 0.6 is 0 Å². The van der Waals surface area contributed by atoms with E-state index < -0.39 is 0 Å². The summed E-state index contributed by atoms with van der Waals surface area (Å²) >= 11 is 0. The molecule has 1 unspecified atom stereocenters. The predicted octanol–water partition coefficient (Wildman–Crippen LogP) is -0.641. The quantitative estimate of drug-likeness (QED) is 0.522. The minimum absolute atomic E-state index is 0.214. The highest BCUT2D eigenvalue weighted by atomic mass is 16.3. The van der Waals surface area contributed by atoms with E-state index in [1.54, 1.807) is 0 Å². The highest BCUT2D eigenvalue weighted by Crippen LogP contribution is 2.12. The minimum Gasteiger partial charge on any atom is -0.378 e. The van der Waals surface area contributed by atoms with E-state index in [1.807, 2.05) is 4.90 Å². The molecule has 1 rings (SSSR count). The van der Waals surface area contributed by atoms with Gasteiger partial charge in [-0.3, -0.25) is 4.90 Å². The van der Waals surface area contributed by atoms with Crippen LogP contribution in [0.1, 0.15) is 12.8 Å². The lowest BCUT2D eigenvalue weighted by molar-refractivity contribution is 0.0406. The van der Waals surface area contributed by atoms with Crippen molar-refractivity contribution in [1.82, 2.24) is 4.90 Å². The molecule has 1 aliphatic heterocycles. The van der Waals surface area contributed by atoms with Crippen LogP contribution in [-0.2, 0) is 0 Å². The fourth-order valence-electron chi connectivity index (χ4n) is 1.24. The third-order valence-electron chi connectivity index (χ3n) is 1.75. The molecule has 0 aromatic rings. The van der Waals surface area contributed by atoms with Crippen molar-refractivity contribution in [3.05, 3.63) is 0 Å². The summed E-state index contributed by atoms with van der Waals surface area (Å²) in [6.07, 6.45) is 1.81. The smallest absolute Gasteiger partial charge is 0.107 e. The molecule has 1 aliphatic rings. The second-order valence-electron chi connectivity index (χ2n) is 2.45. The molecule has 9 heavy (non-hydrogen) atoms. The number of likely N-dealkylation sites (tertiary alicyclic amines) is 1. The first-order valence-electron chi connectivity index (χ1n) is 3.47. The molecule has 0 radical (unpaired) electrons. The van der Waals surface area contributed by atoms with Crippen LogP contribution in [0.2, 0.25) is 0 Å². The Morgan fingerprint density at radius 3 is 2.89 bits per heavy atom. The highest BCUT2D eigenvalue weighted by Gasteiger charge is 2.20. The summed E-state index contributed by atoms with van der Waals surface area (Å²) in [5, 5.41) is 9.19. The van der Waals surface area contributed by atoms with Crippen LogP contribution in [0.25, 0.3) is 0 Å². The van der Waals surface area contributed by atoms with Gasteiger partial charge < -0.3 is 10.8 Å². The van der Waals surface area contributed by atoms with Gasteiger partial charge in [0.05, 0.1) is 0 Å². The molecular weight excluding hydrogens is 116 g/mol. The Morgan fingerprint density at radius 1 is 1.67 bits per heavy atom. The van der Waals surface area contributed by atoms with Crippen LogP contribution < -0.4 is 5.73 Å². The summed E-state index contributed by atoms with van der Waals surface area (Å²) in [5.74, 6) is 0. The van der Waals surface area contributed by atoms with Crippen molar-refractivity contribution >= 4 is 0 Å². The van der Waals surface area contributed by atoms with Crippen LogP contribution in [0.5, 0.6) is 0 Å². The SMILES string of the molecule is NCCN1CCCC1O. The van der Waals surface area contributed by atoms with Crippen LogP contribution in [0.15, 0.2) is 0 Å². The lowest BCUT2D eigenvalue weighted by Crippen LogP contribution is -2.33. The van der Waals surface area contributed by atoms with Gasteiger partial charge in [0, 0.05) is 19.6 Å². The normalized spacial score (nSPS) is 29.3. The van der Waals surface area contributed by atoms with Crippen molar-refractivity contribution in [3.63, 3.8) is 0 Å². The van der Waals surface area contributed by atoms with Crippen molar-refractivity contribution in [2.75, 3.05) is 19.6 Å². The number of aliphatic hydroxyl groups is 1. The van der Waals surface area contributed by atoms with Crippen molar-refractivity contribution in [3.8, 4) is 0 Å². The summed E-state index contributed by atoms with van der Waals surface area (Å²) in [6, 6.07) is 0. The van der Waals surface area contributed by atoms with E-state index in [-0.39, 0.29) is 6.23 Å². The topological polar surface area (TPSA) is 49.5 Å². The van der Waals surface area contributed by atoms with Crippen LogP contribution in [0, 0.1) is 0 Å². The zero-order valence-electron chi connectivity index (χ0n) is 5.58. The maximum absolute atomic E-state index is 9.19. The highest BCUT2D eigenvalue weighted by molar-refractivity contribution is 4.69. The van der Waals surface area contributed by atoms with E-state index in [4.69, 9.17) is 5.73 Å². The number of hydrogen-bond donors (Lipinski definition) is 2. The molecule has 1 atom stereocenters. The molecule has 0 aromatic carbocycles. The molecule has 0 spiro atoms. The van der Waals surface area contributed by atoms with Crippen LogP contribution in [0.3, 0.4) is 0 Å². The maximum atomic E-state index is 9.19. The van der Waals surface area contributed by atoms with Crippen molar-refractivity contribution in [2.24, 2.45) is 5.73 Å².